The number of rotatable bonds is 2. The Hall–Kier alpha value is -1.26. The number of halogens is 3. The highest BCUT2D eigenvalue weighted by Crippen LogP contribution is 2.24. The second kappa shape index (κ2) is 8.12. The van der Waals surface area contributed by atoms with Crippen molar-refractivity contribution in [3.63, 3.8) is 0 Å². The standard InChI is InChI=1S/C12H11N.C2HCl3O2/c1-3-7-11(8-4-1)13-12-9-5-2-6-10-12;3-2(4,5)1(6)7/h1-10,13H;(H,6,7). The molecule has 0 radical (unpaired) electrons. The number of aliphatic carboxylic acids is 1. The first-order chi connectivity index (χ1) is 9.39. The van der Waals surface area contributed by atoms with Gasteiger partial charge >= 0.3 is 0 Å². The second-order valence-corrected chi connectivity index (χ2v) is 6.03. The van der Waals surface area contributed by atoms with Gasteiger partial charge < -0.3 is 9.90 Å². The quantitative estimate of drug-likeness (QED) is 0.678. The van der Waals surface area contributed by atoms with Crippen LogP contribution < -0.4 is 10.4 Å². The first-order valence-electron chi connectivity index (χ1n) is 5.62. The van der Waals surface area contributed by atoms with E-state index in [2.05, 4.69) is 53.8 Å². The van der Waals surface area contributed by atoms with Crippen LogP contribution in [0.1, 0.15) is 0 Å². The fraction of sp³-hybridized carbons (Fsp3) is 0.0714. The van der Waals surface area contributed by atoms with Crippen LogP contribution in [0.15, 0.2) is 60.7 Å². The number of carbonyl (C=O) groups excluding carboxylic acids is 1. The number of hydrogen-bond acceptors (Lipinski definition) is 2. The number of nitrogens with two attached hydrogens (primary N) is 1. The highest BCUT2D eigenvalue weighted by Gasteiger charge is 2.20. The molecule has 2 aromatic carbocycles. The van der Waals surface area contributed by atoms with Crippen molar-refractivity contribution in [2.45, 2.75) is 3.79 Å². The van der Waals surface area contributed by atoms with Gasteiger partial charge in [0.1, 0.15) is 11.4 Å². The van der Waals surface area contributed by atoms with Crippen LogP contribution in [0, 0.1) is 0 Å². The molecule has 0 fully saturated rings. The molecule has 6 heteroatoms. The van der Waals surface area contributed by atoms with Crippen LogP contribution in [0.2, 0.25) is 0 Å². The van der Waals surface area contributed by atoms with E-state index >= 15 is 0 Å². The fourth-order valence-corrected chi connectivity index (χ4v) is 1.29. The molecule has 0 aromatic heterocycles. The van der Waals surface area contributed by atoms with E-state index in [0.717, 1.165) is 0 Å². The molecule has 0 unspecified atom stereocenters. The van der Waals surface area contributed by atoms with Crippen LogP contribution >= 0.6 is 34.8 Å². The van der Waals surface area contributed by atoms with Crippen LogP contribution in [0.25, 0.3) is 0 Å². The van der Waals surface area contributed by atoms with Gasteiger partial charge in [-0.1, -0.05) is 71.2 Å². The molecule has 0 bridgehead atoms. The van der Waals surface area contributed by atoms with Gasteiger partial charge in [-0.2, -0.15) is 0 Å². The van der Waals surface area contributed by atoms with Gasteiger partial charge in [-0.3, -0.25) is 5.32 Å². The summed E-state index contributed by atoms with van der Waals surface area (Å²) in [5.74, 6) is -1.71. The molecule has 3 nitrogen and oxygen atoms in total. The zero-order valence-corrected chi connectivity index (χ0v) is 12.6. The van der Waals surface area contributed by atoms with E-state index in [0.29, 0.717) is 0 Å². The van der Waals surface area contributed by atoms with Crippen molar-refractivity contribution in [3.8, 4) is 0 Å². The average molecular weight is 333 g/mol. The van der Waals surface area contributed by atoms with Crippen LogP contribution in [-0.4, -0.2) is 9.76 Å². The molecule has 0 spiro atoms. The molecule has 106 valence electrons. The minimum absolute atomic E-state index is 1.24. The highest BCUT2D eigenvalue weighted by molar-refractivity contribution is 6.75. The molecule has 0 amide bonds. The van der Waals surface area contributed by atoms with Crippen LogP contribution in [0.4, 0.5) is 11.4 Å². The van der Waals surface area contributed by atoms with Gasteiger partial charge in [0.05, 0.1) is 5.97 Å². The topological polar surface area (TPSA) is 56.7 Å². The number of benzene rings is 2. The molecule has 0 aliphatic rings. The van der Waals surface area contributed by atoms with Gasteiger partial charge in [0.15, 0.2) is 0 Å². The van der Waals surface area contributed by atoms with Gasteiger partial charge in [0.2, 0.25) is 3.79 Å². The lowest BCUT2D eigenvalue weighted by Crippen LogP contribution is -2.70. The molecular weight excluding hydrogens is 321 g/mol. The Kier molecular flexibility index (Phi) is 6.82. The van der Waals surface area contributed by atoms with Crippen LogP contribution in [0.3, 0.4) is 0 Å². The number of carboxylic acids is 1. The molecule has 20 heavy (non-hydrogen) atoms. The maximum Gasteiger partial charge on any atom is 0.230 e. The van der Waals surface area contributed by atoms with E-state index in [9.17, 15) is 9.90 Å². The van der Waals surface area contributed by atoms with Crippen molar-refractivity contribution in [3.05, 3.63) is 60.7 Å². The Morgan fingerprint density at radius 2 is 1.15 bits per heavy atom. The molecule has 0 atom stereocenters. The van der Waals surface area contributed by atoms with E-state index in [1.165, 1.54) is 11.4 Å². The molecule has 2 aromatic rings. The normalized spacial score (nSPS) is 10.3. The van der Waals surface area contributed by atoms with E-state index < -0.39 is 9.76 Å². The summed E-state index contributed by atoms with van der Waals surface area (Å²) in [5.41, 5.74) is 2.49. The Morgan fingerprint density at radius 1 is 0.850 bits per heavy atom. The Morgan fingerprint density at radius 3 is 1.40 bits per heavy atom. The minimum atomic E-state index is -2.28. The summed E-state index contributed by atoms with van der Waals surface area (Å²) < 4.78 is -2.28. The number of carboxylic acid groups (broad SMARTS) is 1. The Bertz CT molecular complexity index is 490. The lowest BCUT2D eigenvalue weighted by Gasteiger charge is -2.09. The third-order valence-electron chi connectivity index (χ3n) is 2.16. The van der Waals surface area contributed by atoms with Gasteiger partial charge in [-0.15, -0.1) is 0 Å². The fourth-order valence-electron chi connectivity index (χ4n) is 1.29. The third kappa shape index (κ3) is 6.78. The Labute approximate surface area is 132 Å². The average Bonchev–Trinajstić information content (AvgIpc) is 2.40. The second-order valence-electron chi connectivity index (χ2n) is 3.75. The molecule has 2 N–H and O–H groups in total. The van der Waals surface area contributed by atoms with E-state index in [-0.39, 0.29) is 0 Å². The van der Waals surface area contributed by atoms with E-state index in [1.807, 2.05) is 12.1 Å². The summed E-state index contributed by atoms with van der Waals surface area (Å²) in [6, 6.07) is 20.7. The largest absolute Gasteiger partial charge is 0.545 e. The maximum absolute atomic E-state index is 9.51. The van der Waals surface area contributed by atoms with Gasteiger partial charge in [0, 0.05) is 0 Å². The molecule has 2 rings (SSSR count). The smallest absolute Gasteiger partial charge is 0.230 e. The first kappa shape index (κ1) is 16.8. The van der Waals surface area contributed by atoms with Crippen LogP contribution in [-0.2, 0) is 4.79 Å². The van der Waals surface area contributed by atoms with Gasteiger partial charge in [-0.25, -0.2) is 0 Å². The summed E-state index contributed by atoms with van der Waals surface area (Å²) in [4.78, 5) is 9.51. The maximum atomic E-state index is 9.51. The molecular formula is C14H12Cl3NO2. The highest BCUT2D eigenvalue weighted by atomic mass is 35.6. The summed E-state index contributed by atoms with van der Waals surface area (Å²) in [6.07, 6.45) is 0. The summed E-state index contributed by atoms with van der Waals surface area (Å²) >= 11 is 14.2. The number of carbonyl (C=O) groups is 1. The number of quaternary nitrogens is 1. The summed E-state index contributed by atoms with van der Waals surface area (Å²) in [7, 11) is 0. The summed E-state index contributed by atoms with van der Waals surface area (Å²) in [6.45, 7) is 0. The lowest BCUT2D eigenvalue weighted by molar-refractivity contribution is -0.478. The molecule has 0 heterocycles. The molecule has 0 saturated carbocycles. The zero-order valence-electron chi connectivity index (χ0n) is 10.3. The van der Waals surface area contributed by atoms with Crippen molar-refractivity contribution in [1.82, 2.24) is 0 Å². The SMILES string of the molecule is O=C([O-])C(Cl)(Cl)Cl.c1ccc([NH2+]c2ccccc2)cc1. The zero-order chi connectivity index (χ0) is 15.0. The lowest BCUT2D eigenvalue weighted by atomic mass is 10.3. The van der Waals surface area contributed by atoms with Gasteiger partial charge in [0.25, 0.3) is 0 Å². The van der Waals surface area contributed by atoms with E-state index in [1.54, 1.807) is 0 Å². The predicted octanol–water partition coefficient (Wildman–Crippen LogP) is 2.32. The minimum Gasteiger partial charge on any atom is -0.545 e. The van der Waals surface area contributed by atoms with E-state index in [4.69, 9.17) is 34.8 Å². The van der Waals surface area contributed by atoms with Crippen LogP contribution in [0.5, 0.6) is 0 Å². The number of alkyl halides is 3. The molecule has 0 aliphatic heterocycles. The predicted molar refractivity (Wildman–Crippen MR) is 79.4 cm³/mol. The summed E-state index contributed by atoms with van der Waals surface area (Å²) in [5, 5.41) is 11.7. The Balaban J connectivity index is 0.000000246. The first-order valence-corrected chi connectivity index (χ1v) is 6.76. The third-order valence-corrected chi connectivity index (χ3v) is 2.63. The van der Waals surface area contributed by atoms with Crippen molar-refractivity contribution in [2.75, 3.05) is 0 Å². The monoisotopic (exact) mass is 331 g/mol. The van der Waals surface area contributed by atoms with Gasteiger partial charge in [-0.05, 0) is 24.3 Å². The van der Waals surface area contributed by atoms with Crippen molar-refractivity contribution < 1.29 is 15.2 Å². The number of hydrogen-bond donors (Lipinski definition) is 1. The molecule has 0 aliphatic carbocycles. The van der Waals surface area contributed by atoms with Crippen molar-refractivity contribution >= 4 is 52.1 Å². The molecule has 0 saturated heterocycles. The van der Waals surface area contributed by atoms with Crippen molar-refractivity contribution in [1.29, 1.82) is 0 Å². The number of para-hydroxylation sites is 2. The van der Waals surface area contributed by atoms with Crippen molar-refractivity contribution in [2.24, 2.45) is 0 Å².